The number of rotatable bonds is 2. The highest BCUT2D eigenvalue weighted by Gasteiger charge is 2.35. The Labute approximate surface area is 109 Å². The van der Waals surface area contributed by atoms with E-state index < -0.39 is 24.9 Å². The van der Waals surface area contributed by atoms with Gasteiger partial charge in [-0.2, -0.15) is 13.2 Å². The molecule has 2 N–H and O–H groups in total. The van der Waals surface area contributed by atoms with E-state index in [9.17, 15) is 23.1 Å². The maximum Gasteiger partial charge on any atom is 0.401 e. The van der Waals surface area contributed by atoms with E-state index in [0.29, 0.717) is 26.1 Å². The van der Waals surface area contributed by atoms with Gasteiger partial charge in [0.05, 0.1) is 18.7 Å². The molecule has 0 saturated carbocycles. The number of carbonyl (C=O) groups excluding carboxylic acids is 1. The third kappa shape index (κ3) is 4.05. The van der Waals surface area contributed by atoms with Gasteiger partial charge in [-0.3, -0.25) is 9.69 Å². The molecule has 1 amide bonds. The van der Waals surface area contributed by atoms with Gasteiger partial charge in [-0.05, 0) is 6.42 Å². The van der Waals surface area contributed by atoms with Crippen molar-refractivity contribution < 1.29 is 23.1 Å². The van der Waals surface area contributed by atoms with Crippen LogP contribution in [-0.2, 0) is 4.79 Å². The average Bonchev–Trinajstić information content (AvgIpc) is 2.74. The highest BCUT2D eigenvalue weighted by molar-refractivity contribution is 5.82. The molecule has 5 nitrogen and oxygen atoms in total. The summed E-state index contributed by atoms with van der Waals surface area (Å²) < 4.78 is 36.7. The number of amides is 1. The van der Waals surface area contributed by atoms with E-state index in [4.69, 9.17) is 0 Å². The molecule has 2 aliphatic rings. The summed E-state index contributed by atoms with van der Waals surface area (Å²) in [5.41, 5.74) is 0. The number of nitrogens with zero attached hydrogens (tertiary/aromatic N) is 2. The molecule has 8 heteroatoms. The summed E-state index contributed by atoms with van der Waals surface area (Å²) in [5, 5.41) is 12.3. The fourth-order valence-electron chi connectivity index (χ4n) is 2.51. The van der Waals surface area contributed by atoms with Crippen LogP contribution in [0.5, 0.6) is 0 Å². The van der Waals surface area contributed by atoms with Crippen LogP contribution in [0.4, 0.5) is 13.2 Å². The molecule has 2 rings (SSSR count). The molecule has 0 aromatic rings. The molecule has 0 bridgehead atoms. The number of halogens is 3. The predicted octanol–water partition coefficient (Wildman–Crippen LogP) is -0.584. The summed E-state index contributed by atoms with van der Waals surface area (Å²) in [7, 11) is 0. The minimum absolute atomic E-state index is 0.122. The second-order valence-corrected chi connectivity index (χ2v) is 5.07. The summed E-state index contributed by atoms with van der Waals surface area (Å²) in [6, 6.07) is -0.399. The molecule has 0 unspecified atom stereocenters. The van der Waals surface area contributed by atoms with Gasteiger partial charge in [0.25, 0.3) is 0 Å². The van der Waals surface area contributed by atoms with Gasteiger partial charge in [0.2, 0.25) is 5.91 Å². The first-order chi connectivity index (χ1) is 8.85. The van der Waals surface area contributed by atoms with Crippen molar-refractivity contribution in [3.8, 4) is 0 Å². The lowest BCUT2D eigenvalue weighted by Crippen LogP contribution is -2.54. The van der Waals surface area contributed by atoms with Crippen molar-refractivity contribution >= 4 is 5.91 Å². The van der Waals surface area contributed by atoms with Crippen LogP contribution in [0.25, 0.3) is 0 Å². The molecule has 0 aromatic carbocycles. The van der Waals surface area contributed by atoms with Gasteiger partial charge in [-0.1, -0.05) is 0 Å². The lowest BCUT2D eigenvalue weighted by Gasteiger charge is -2.36. The number of alkyl halides is 3. The van der Waals surface area contributed by atoms with Crippen LogP contribution in [-0.4, -0.2) is 78.4 Å². The maximum absolute atomic E-state index is 12.2. The van der Waals surface area contributed by atoms with Crippen LogP contribution < -0.4 is 5.32 Å². The van der Waals surface area contributed by atoms with E-state index in [1.807, 2.05) is 0 Å². The Morgan fingerprint density at radius 2 is 1.89 bits per heavy atom. The fourth-order valence-corrected chi connectivity index (χ4v) is 2.51. The molecule has 2 heterocycles. The van der Waals surface area contributed by atoms with Crippen LogP contribution in [0.1, 0.15) is 6.42 Å². The fraction of sp³-hybridized carbons (Fsp3) is 0.909. The monoisotopic (exact) mass is 281 g/mol. The molecular weight excluding hydrogens is 263 g/mol. The van der Waals surface area contributed by atoms with E-state index >= 15 is 0 Å². The highest BCUT2D eigenvalue weighted by atomic mass is 19.4. The molecule has 2 atom stereocenters. The standard InChI is InChI=1S/C11H18F3N3O2/c12-11(13,14)7-16-1-3-17(4-2-16)10(19)9-5-8(18)6-15-9/h8-9,15,18H,1-7H2/t8-,9-/m1/s1. The number of piperazine rings is 1. The Morgan fingerprint density at radius 3 is 2.37 bits per heavy atom. The number of aliphatic hydroxyl groups excluding tert-OH is 1. The summed E-state index contributed by atoms with van der Waals surface area (Å²) in [6.45, 7) is 0.563. The van der Waals surface area contributed by atoms with Crippen molar-refractivity contribution in [3.05, 3.63) is 0 Å². The topological polar surface area (TPSA) is 55.8 Å². The van der Waals surface area contributed by atoms with Gasteiger partial charge < -0.3 is 15.3 Å². The Hall–Kier alpha value is -0.860. The van der Waals surface area contributed by atoms with Crippen LogP contribution in [0.3, 0.4) is 0 Å². The molecule has 0 aromatic heterocycles. The number of β-amino-alcohol motifs (C(OH)–C–C–N with tert-alkyl or cyclic N) is 1. The zero-order valence-corrected chi connectivity index (χ0v) is 10.5. The Bertz CT molecular complexity index is 330. The third-order valence-electron chi connectivity index (χ3n) is 3.49. The third-order valence-corrected chi connectivity index (χ3v) is 3.49. The number of nitrogens with one attached hydrogen (secondary N) is 1. The Balaban J connectivity index is 1.78. The number of hydrogen-bond donors (Lipinski definition) is 2. The Kier molecular flexibility index (Phi) is 4.32. The summed E-state index contributed by atoms with van der Waals surface area (Å²) in [6.07, 6.45) is -4.33. The largest absolute Gasteiger partial charge is 0.401 e. The van der Waals surface area contributed by atoms with E-state index in [0.717, 1.165) is 0 Å². The van der Waals surface area contributed by atoms with Gasteiger partial charge in [-0.25, -0.2) is 0 Å². The minimum atomic E-state index is -4.19. The van der Waals surface area contributed by atoms with Gasteiger partial charge in [-0.15, -0.1) is 0 Å². The van der Waals surface area contributed by atoms with Crippen molar-refractivity contribution in [2.75, 3.05) is 39.3 Å². The van der Waals surface area contributed by atoms with Crippen LogP contribution >= 0.6 is 0 Å². The predicted molar refractivity (Wildman–Crippen MR) is 61.5 cm³/mol. The normalized spacial score (nSPS) is 29.8. The SMILES string of the molecule is O=C([C@H]1C[C@@H](O)CN1)N1CCN(CC(F)(F)F)CC1. The van der Waals surface area contributed by atoms with E-state index in [1.165, 1.54) is 4.90 Å². The summed E-state index contributed by atoms with van der Waals surface area (Å²) in [4.78, 5) is 14.9. The van der Waals surface area contributed by atoms with Gasteiger partial charge in [0.1, 0.15) is 0 Å². The van der Waals surface area contributed by atoms with E-state index in [2.05, 4.69) is 5.32 Å². The highest BCUT2D eigenvalue weighted by Crippen LogP contribution is 2.18. The van der Waals surface area contributed by atoms with Crippen molar-refractivity contribution in [1.82, 2.24) is 15.1 Å². The van der Waals surface area contributed by atoms with Crippen LogP contribution in [0, 0.1) is 0 Å². The smallest absolute Gasteiger partial charge is 0.392 e. The molecular formula is C11H18F3N3O2. The van der Waals surface area contributed by atoms with Gasteiger partial charge >= 0.3 is 6.18 Å². The minimum Gasteiger partial charge on any atom is -0.392 e. The first kappa shape index (κ1) is 14.5. The average molecular weight is 281 g/mol. The second kappa shape index (κ2) is 5.64. The van der Waals surface area contributed by atoms with Crippen molar-refractivity contribution in [3.63, 3.8) is 0 Å². The van der Waals surface area contributed by atoms with Gasteiger partial charge in [0, 0.05) is 32.7 Å². The van der Waals surface area contributed by atoms with E-state index in [-0.39, 0.29) is 19.0 Å². The molecule has 0 radical (unpaired) electrons. The molecule has 2 aliphatic heterocycles. The van der Waals surface area contributed by atoms with Crippen molar-refractivity contribution in [1.29, 1.82) is 0 Å². The summed E-state index contributed by atoms with van der Waals surface area (Å²) >= 11 is 0. The molecule has 0 aliphatic carbocycles. The molecule has 110 valence electrons. The number of carbonyl (C=O) groups is 1. The number of hydrogen-bond acceptors (Lipinski definition) is 4. The van der Waals surface area contributed by atoms with Gasteiger partial charge in [0.15, 0.2) is 0 Å². The second-order valence-electron chi connectivity index (χ2n) is 5.07. The molecule has 2 saturated heterocycles. The van der Waals surface area contributed by atoms with Crippen molar-refractivity contribution in [2.24, 2.45) is 0 Å². The first-order valence-corrected chi connectivity index (χ1v) is 6.34. The Morgan fingerprint density at radius 1 is 1.26 bits per heavy atom. The summed E-state index contributed by atoms with van der Waals surface area (Å²) in [5.74, 6) is -0.122. The molecule has 2 fully saturated rings. The first-order valence-electron chi connectivity index (χ1n) is 6.34. The molecule has 0 spiro atoms. The lowest BCUT2D eigenvalue weighted by atomic mass is 10.1. The quantitative estimate of drug-likeness (QED) is 0.711. The number of aliphatic hydroxyl groups is 1. The van der Waals surface area contributed by atoms with E-state index in [1.54, 1.807) is 4.90 Å². The van der Waals surface area contributed by atoms with Crippen LogP contribution in [0.2, 0.25) is 0 Å². The van der Waals surface area contributed by atoms with Crippen LogP contribution in [0.15, 0.2) is 0 Å². The maximum atomic E-state index is 12.2. The zero-order valence-electron chi connectivity index (χ0n) is 10.5. The molecule has 19 heavy (non-hydrogen) atoms. The van der Waals surface area contributed by atoms with Crippen molar-refractivity contribution in [2.45, 2.75) is 24.7 Å². The lowest BCUT2D eigenvalue weighted by molar-refractivity contribution is -0.152. The zero-order chi connectivity index (χ0) is 14.0.